The van der Waals surface area contributed by atoms with Gasteiger partial charge in [0.25, 0.3) is 0 Å². The molecule has 1 N–H and O–H groups in total. The van der Waals surface area contributed by atoms with Gasteiger partial charge in [-0.2, -0.15) is 0 Å². The molecule has 2 rings (SSSR count). The number of rotatable bonds is 0. The summed E-state index contributed by atoms with van der Waals surface area (Å²) in [6.45, 7) is 0.587. The van der Waals surface area contributed by atoms with E-state index in [9.17, 15) is 0 Å². The molecule has 2 nitrogen and oxygen atoms in total. The molecule has 10 heavy (non-hydrogen) atoms. The third-order valence-electron chi connectivity index (χ3n) is 1.58. The molecular weight excluding hydrogens is 127 g/mol. The molecule has 1 aromatic carbocycles. The van der Waals surface area contributed by atoms with Gasteiger partial charge in [-0.25, -0.2) is 0 Å². The predicted molar refractivity (Wildman–Crippen MR) is 38.3 cm³/mol. The average molecular weight is 133 g/mol. The Hall–Kier alpha value is -0.955. The van der Waals surface area contributed by atoms with Crippen LogP contribution >= 0.6 is 0 Å². The molecule has 0 saturated heterocycles. The van der Waals surface area contributed by atoms with Gasteiger partial charge in [0.1, 0.15) is 5.75 Å². The molecule has 0 saturated carbocycles. The Morgan fingerprint density at radius 3 is 3.30 bits per heavy atom. The summed E-state index contributed by atoms with van der Waals surface area (Å²) in [5, 5.41) is 9.03. The van der Waals surface area contributed by atoms with Gasteiger partial charge >= 0.3 is 7.48 Å². The molecule has 0 aliphatic carbocycles. The second-order valence-corrected chi connectivity index (χ2v) is 2.31. The molecule has 1 heterocycles. The highest BCUT2D eigenvalue weighted by Crippen LogP contribution is 2.12. The van der Waals surface area contributed by atoms with Crippen molar-refractivity contribution in [2.75, 3.05) is 0 Å². The van der Waals surface area contributed by atoms with Gasteiger partial charge in [0.15, 0.2) is 0 Å². The molecule has 3 heteroatoms. The molecular formula is C7H6BO2. The van der Waals surface area contributed by atoms with E-state index in [0.29, 0.717) is 12.4 Å². The number of hydrogen-bond donors (Lipinski definition) is 1. The number of fused-ring (bicyclic) bond motifs is 1. The predicted octanol–water partition coefficient (Wildman–Crippen LogP) is 0.167. The minimum absolute atomic E-state index is 0.303. The minimum atomic E-state index is 0.303. The van der Waals surface area contributed by atoms with Crippen LogP contribution in [-0.2, 0) is 11.3 Å². The van der Waals surface area contributed by atoms with Crippen LogP contribution < -0.4 is 5.46 Å². The van der Waals surface area contributed by atoms with E-state index in [1.165, 1.54) is 0 Å². The fraction of sp³-hybridized carbons (Fsp3) is 0.143. The van der Waals surface area contributed by atoms with E-state index in [0.717, 1.165) is 11.0 Å². The average Bonchev–Trinajstić information content (AvgIpc) is 2.33. The SMILES string of the molecule is Oc1ccc2c(c1)CO[B]2. The van der Waals surface area contributed by atoms with Crippen molar-refractivity contribution in [1.82, 2.24) is 0 Å². The van der Waals surface area contributed by atoms with E-state index in [1.54, 1.807) is 19.6 Å². The maximum Gasteiger partial charge on any atom is 0.330 e. The zero-order valence-electron chi connectivity index (χ0n) is 5.37. The fourth-order valence-corrected chi connectivity index (χ4v) is 1.05. The van der Waals surface area contributed by atoms with E-state index < -0.39 is 0 Å². The molecule has 0 unspecified atom stereocenters. The number of hydrogen-bond acceptors (Lipinski definition) is 2. The Bertz CT molecular complexity index is 260. The van der Waals surface area contributed by atoms with Crippen LogP contribution in [0.5, 0.6) is 5.75 Å². The third kappa shape index (κ3) is 0.791. The molecule has 0 atom stereocenters. The van der Waals surface area contributed by atoms with Crippen LogP contribution in [0.4, 0.5) is 0 Å². The van der Waals surface area contributed by atoms with Gasteiger partial charge in [0.2, 0.25) is 0 Å². The van der Waals surface area contributed by atoms with E-state index in [2.05, 4.69) is 0 Å². The van der Waals surface area contributed by atoms with Gasteiger partial charge in [-0.15, -0.1) is 0 Å². The lowest BCUT2D eigenvalue weighted by Gasteiger charge is -1.95. The van der Waals surface area contributed by atoms with Crippen LogP contribution in [0.15, 0.2) is 18.2 Å². The summed E-state index contributed by atoms with van der Waals surface area (Å²) < 4.78 is 5.03. The summed E-state index contributed by atoms with van der Waals surface area (Å²) in [4.78, 5) is 0. The van der Waals surface area contributed by atoms with E-state index >= 15 is 0 Å². The number of phenolic OH excluding ortho intramolecular Hbond substituents is 1. The zero-order chi connectivity index (χ0) is 6.97. The summed E-state index contributed by atoms with van der Waals surface area (Å²) in [6, 6.07) is 5.22. The maximum atomic E-state index is 9.03. The summed E-state index contributed by atoms with van der Waals surface area (Å²) >= 11 is 0. The van der Waals surface area contributed by atoms with Crippen molar-refractivity contribution >= 4 is 12.9 Å². The van der Waals surface area contributed by atoms with Crippen LogP contribution in [0.1, 0.15) is 5.56 Å². The number of benzene rings is 1. The molecule has 1 aliphatic heterocycles. The van der Waals surface area contributed by atoms with Gasteiger partial charge in [0, 0.05) is 0 Å². The van der Waals surface area contributed by atoms with Crippen molar-refractivity contribution in [3.05, 3.63) is 23.8 Å². The first-order valence-corrected chi connectivity index (χ1v) is 3.13. The number of aromatic hydroxyl groups is 1. The first-order valence-electron chi connectivity index (χ1n) is 3.13. The van der Waals surface area contributed by atoms with Crippen molar-refractivity contribution in [3.63, 3.8) is 0 Å². The van der Waals surface area contributed by atoms with E-state index in [1.807, 2.05) is 6.07 Å². The van der Waals surface area contributed by atoms with Gasteiger partial charge in [-0.05, 0) is 23.2 Å². The molecule has 0 bridgehead atoms. The van der Waals surface area contributed by atoms with Crippen LogP contribution in [-0.4, -0.2) is 12.6 Å². The Balaban J connectivity index is 2.52. The molecule has 0 fully saturated rings. The van der Waals surface area contributed by atoms with Crippen LogP contribution in [0, 0.1) is 0 Å². The van der Waals surface area contributed by atoms with Gasteiger partial charge in [0.05, 0.1) is 6.61 Å². The largest absolute Gasteiger partial charge is 0.508 e. The second-order valence-electron chi connectivity index (χ2n) is 2.31. The highest BCUT2D eigenvalue weighted by molar-refractivity contribution is 6.48. The molecule has 49 valence electrons. The topological polar surface area (TPSA) is 29.5 Å². The normalized spacial score (nSPS) is 14.4. The smallest absolute Gasteiger partial charge is 0.330 e. The lowest BCUT2D eigenvalue weighted by atomic mass is 9.87. The van der Waals surface area contributed by atoms with Crippen molar-refractivity contribution in [2.45, 2.75) is 6.61 Å². The summed E-state index contributed by atoms with van der Waals surface area (Å²) in [7, 11) is 1.70. The summed E-state index contributed by atoms with van der Waals surface area (Å²) in [5.74, 6) is 0.303. The molecule has 0 aromatic heterocycles. The Labute approximate surface area is 59.7 Å². The molecule has 1 aromatic rings. The van der Waals surface area contributed by atoms with Crippen LogP contribution in [0.2, 0.25) is 0 Å². The Morgan fingerprint density at radius 1 is 1.50 bits per heavy atom. The van der Waals surface area contributed by atoms with Gasteiger partial charge < -0.3 is 9.76 Å². The monoisotopic (exact) mass is 133 g/mol. The van der Waals surface area contributed by atoms with E-state index in [4.69, 9.17) is 9.76 Å². The molecule has 1 radical (unpaired) electrons. The highest BCUT2D eigenvalue weighted by atomic mass is 16.4. The lowest BCUT2D eigenvalue weighted by molar-refractivity contribution is 0.344. The van der Waals surface area contributed by atoms with Crippen LogP contribution in [0.25, 0.3) is 0 Å². The van der Waals surface area contributed by atoms with E-state index in [-0.39, 0.29) is 0 Å². The zero-order valence-corrected chi connectivity index (χ0v) is 5.37. The van der Waals surface area contributed by atoms with Crippen molar-refractivity contribution < 1.29 is 9.76 Å². The third-order valence-corrected chi connectivity index (χ3v) is 1.58. The summed E-state index contributed by atoms with van der Waals surface area (Å²) in [6.07, 6.45) is 0. The molecule has 1 aliphatic rings. The second kappa shape index (κ2) is 2.02. The van der Waals surface area contributed by atoms with Crippen LogP contribution in [0.3, 0.4) is 0 Å². The first-order chi connectivity index (χ1) is 4.86. The molecule has 0 amide bonds. The van der Waals surface area contributed by atoms with Gasteiger partial charge in [-0.1, -0.05) is 6.07 Å². The Morgan fingerprint density at radius 2 is 2.40 bits per heavy atom. The summed E-state index contributed by atoms with van der Waals surface area (Å²) in [5.41, 5.74) is 2.12. The first kappa shape index (κ1) is 5.80. The Kier molecular flexibility index (Phi) is 1.17. The standard InChI is InChI=1S/C7H6BO2/c9-6-1-2-7-5(3-6)4-10-8-7/h1-3,9H,4H2. The quantitative estimate of drug-likeness (QED) is 0.511. The van der Waals surface area contributed by atoms with Crippen molar-refractivity contribution in [1.29, 1.82) is 0 Å². The molecule has 0 spiro atoms. The highest BCUT2D eigenvalue weighted by Gasteiger charge is 2.12. The minimum Gasteiger partial charge on any atom is -0.508 e. The van der Waals surface area contributed by atoms with Gasteiger partial charge in [-0.3, -0.25) is 0 Å². The van der Waals surface area contributed by atoms with Crippen molar-refractivity contribution in [2.24, 2.45) is 0 Å². The van der Waals surface area contributed by atoms with Crippen molar-refractivity contribution in [3.8, 4) is 5.75 Å². The lowest BCUT2D eigenvalue weighted by Crippen LogP contribution is -2.09. The number of phenols is 1. The fourth-order valence-electron chi connectivity index (χ4n) is 1.05. The maximum absolute atomic E-state index is 9.03.